The van der Waals surface area contributed by atoms with E-state index in [1.165, 1.54) is 18.2 Å². The Kier molecular flexibility index (Phi) is 4.76. The summed E-state index contributed by atoms with van der Waals surface area (Å²) in [5, 5.41) is 19.3. The van der Waals surface area contributed by atoms with Gasteiger partial charge in [0.15, 0.2) is 0 Å². The topological polar surface area (TPSA) is 107 Å². The number of ether oxygens (including phenoxy) is 1. The van der Waals surface area contributed by atoms with Gasteiger partial charge in [0, 0.05) is 6.07 Å². The van der Waals surface area contributed by atoms with E-state index < -0.39 is 35.1 Å². The van der Waals surface area contributed by atoms with Crippen LogP contribution in [0.25, 0.3) is 0 Å². The molecule has 0 radical (unpaired) electrons. The fourth-order valence-electron chi connectivity index (χ4n) is 1.35. The highest BCUT2D eigenvalue weighted by Crippen LogP contribution is 2.19. The van der Waals surface area contributed by atoms with Crippen LogP contribution in [0.15, 0.2) is 36.9 Å². The summed E-state index contributed by atoms with van der Waals surface area (Å²) in [5.74, 6) is -2.13. The van der Waals surface area contributed by atoms with E-state index in [2.05, 4.69) is 6.58 Å². The van der Waals surface area contributed by atoms with Crippen LogP contribution in [-0.4, -0.2) is 28.1 Å². The Morgan fingerprint density at radius 1 is 1.47 bits per heavy atom. The summed E-state index contributed by atoms with van der Waals surface area (Å²) in [6.45, 7) is 3.34. The first-order chi connectivity index (χ1) is 8.95. The Morgan fingerprint density at radius 2 is 2.11 bits per heavy atom. The van der Waals surface area contributed by atoms with E-state index in [4.69, 9.17) is 9.84 Å². The van der Waals surface area contributed by atoms with Crippen molar-refractivity contribution < 1.29 is 24.4 Å². The summed E-state index contributed by atoms with van der Waals surface area (Å²) in [7, 11) is 0. The Balaban J connectivity index is 2.91. The van der Waals surface area contributed by atoms with Crippen molar-refractivity contribution in [1.29, 1.82) is 0 Å². The number of nitro benzene ring substituents is 1. The van der Waals surface area contributed by atoms with E-state index in [0.29, 0.717) is 0 Å². The second kappa shape index (κ2) is 6.29. The molecule has 1 rings (SSSR count). The van der Waals surface area contributed by atoms with Gasteiger partial charge >= 0.3 is 11.9 Å². The second-order valence-corrected chi connectivity index (χ2v) is 3.55. The first kappa shape index (κ1) is 14.4. The number of aliphatic carboxylic acids is 1. The van der Waals surface area contributed by atoms with Gasteiger partial charge in [-0.3, -0.25) is 14.9 Å². The molecule has 0 aliphatic rings. The van der Waals surface area contributed by atoms with Crippen molar-refractivity contribution in [3.05, 3.63) is 52.6 Å². The monoisotopic (exact) mass is 265 g/mol. The van der Waals surface area contributed by atoms with Gasteiger partial charge in [-0.05, 0) is 6.07 Å². The number of nitrogens with zero attached hydrogens (tertiary/aromatic N) is 1. The van der Waals surface area contributed by atoms with Gasteiger partial charge in [-0.15, -0.1) is 0 Å². The molecule has 0 spiro atoms. The van der Waals surface area contributed by atoms with Crippen LogP contribution in [0.2, 0.25) is 0 Å². The highest BCUT2D eigenvalue weighted by atomic mass is 16.6. The number of esters is 1. The largest absolute Gasteiger partial charge is 0.481 e. The normalized spacial score (nSPS) is 11.4. The summed E-state index contributed by atoms with van der Waals surface area (Å²) in [6, 6.07) is 5.26. The third kappa shape index (κ3) is 3.91. The van der Waals surface area contributed by atoms with Crippen molar-refractivity contribution in [3.8, 4) is 0 Å². The molecule has 0 saturated carbocycles. The third-order valence-electron chi connectivity index (χ3n) is 2.22. The van der Waals surface area contributed by atoms with Crippen LogP contribution in [0, 0.1) is 10.1 Å². The molecule has 1 unspecified atom stereocenters. The van der Waals surface area contributed by atoms with E-state index in [-0.39, 0.29) is 5.56 Å². The zero-order chi connectivity index (χ0) is 14.4. The summed E-state index contributed by atoms with van der Waals surface area (Å²) in [6.07, 6.45) is -0.332. The summed E-state index contributed by atoms with van der Waals surface area (Å²) in [4.78, 5) is 32.3. The minimum Gasteiger partial charge on any atom is -0.481 e. The maximum atomic E-state index is 11.8. The number of carbonyl (C=O) groups excluding carboxylic acids is 1. The number of para-hydroxylation sites is 1. The Morgan fingerprint density at radius 3 is 2.63 bits per heavy atom. The smallest absolute Gasteiger partial charge is 0.345 e. The van der Waals surface area contributed by atoms with E-state index >= 15 is 0 Å². The van der Waals surface area contributed by atoms with Crippen molar-refractivity contribution in [2.45, 2.75) is 12.5 Å². The maximum absolute atomic E-state index is 11.8. The van der Waals surface area contributed by atoms with Crippen LogP contribution in [0.4, 0.5) is 5.69 Å². The molecule has 19 heavy (non-hydrogen) atoms. The van der Waals surface area contributed by atoms with Gasteiger partial charge in [-0.1, -0.05) is 24.8 Å². The lowest BCUT2D eigenvalue weighted by atomic mass is 10.2. The predicted octanol–water partition coefficient (Wildman–Crippen LogP) is 1.78. The minimum atomic E-state index is -1.17. The number of hydrogen-bond donors (Lipinski definition) is 1. The van der Waals surface area contributed by atoms with Gasteiger partial charge in [0.05, 0.1) is 11.3 Å². The van der Waals surface area contributed by atoms with Crippen LogP contribution < -0.4 is 0 Å². The highest BCUT2D eigenvalue weighted by Gasteiger charge is 2.23. The number of carboxylic acid groups (broad SMARTS) is 1. The molecule has 1 aromatic rings. The van der Waals surface area contributed by atoms with E-state index in [1.807, 2.05) is 0 Å². The van der Waals surface area contributed by atoms with Gasteiger partial charge in [0.25, 0.3) is 5.69 Å². The van der Waals surface area contributed by atoms with Crippen LogP contribution >= 0.6 is 0 Å². The zero-order valence-corrected chi connectivity index (χ0v) is 9.81. The van der Waals surface area contributed by atoms with Gasteiger partial charge in [0.1, 0.15) is 11.7 Å². The fourth-order valence-corrected chi connectivity index (χ4v) is 1.35. The first-order valence-electron chi connectivity index (χ1n) is 5.24. The molecule has 1 aromatic carbocycles. The number of benzene rings is 1. The number of carboxylic acids is 1. The van der Waals surface area contributed by atoms with Crippen molar-refractivity contribution in [1.82, 2.24) is 0 Å². The van der Waals surface area contributed by atoms with Crippen LogP contribution in [-0.2, 0) is 9.53 Å². The maximum Gasteiger partial charge on any atom is 0.345 e. The van der Waals surface area contributed by atoms with Gasteiger partial charge in [-0.2, -0.15) is 0 Å². The van der Waals surface area contributed by atoms with Crippen LogP contribution in [0.5, 0.6) is 0 Å². The summed E-state index contributed by atoms with van der Waals surface area (Å²) in [5.41, 5.74) is -0.629. The molecule has 0 bridgehead atoms. The summed E-state index contributed by atoms with van der Waals surface area (Å²) < 4.78 is 4.85. The molecule has 0 aliphatic heterocycles. The average Bonchev–Trinajstić information content (AvgIpc) is 2.37. The molecule has 0 amide bonds. The van der Waals surface area contributed by atoms with Crippen molar-refractivity contribution in [2.24, 2.45) is 0 Å². The number of rotatable bonds is 6. The predicted molar refractivity (Wildman–Crippen MR) is 64.7 cm³/mol. The molecule has 0 aliphatic carbocycles. The molecule has 7 heteroatoms. The Bertz CT molecular complexity index is 525. The average molecular weight is 265 g/mol. The molecule has 7 nitrogen and oxygen atoms in total. The standard InChI is InChI=1S/C12H11NO6/c1-2-8(7-11(14)15)19-12(16)9-5-3-4-6-10(9)13(17)18/h2-6,8H,1,7H2,(H,14,15). The van der Waals surface area contributed by atoms with Crippen molar-refractivity contribution in [3.63, 3.8) is 0 Å². The number of nitro groups is 1. The van der Waals surface area contributed by atoms with Crippen molar-refractivity contribution in [2.75, 3.05) is 0 Å². The van der Waals surface area contributed by atoms with E-state index in [0.717, 1.165) is 12.1 Å². The highest BCUT2D eigenvalue weighted by molar-refractivity contribution is 5.94. The Hall–Kier alpha value is -2.70. The molecular weight excluding hydrogens is 254 g/mol. The van der Waals surface area contributed by atoms with Gasteiger partial charge in [0.2, 0.25) is 0 Å². The lowest BCUT2D eigenvalue weighted by Gasteiger charge is -2.11. The van der Waals surface area contributed by atoms with E-state index in [9.17, 15) is 19.7 Å². The quantitative estimate of drug-likeness (QED) is 0.363. The third-order valence-corrected chi connectivity index (χ3v) is 2.22. The minimum absolute atomic E-state index is 0.232. The van der Waals surface area contributed by atoms with E-state index in [1.54, 1.807) is 0 Å². The van der Waals surface area contributed by atoms with Gasteiger partial charge < -0.3 is 9.84 Å². The molecule has 0 heterocycles. The second-order valence-electron chi connectivity index (χ2n) is 3.55. The van der Waals surface area contributed by atoms with Crippen LogP contribution in [0.3, 0.4) is 0 Å². The number of carbonyl (C=O) groups is 2. The lowest BCUT2D eigenvalue weighted by Crippen LogP contribution is -2.20. The lowest BCUT2D eigenvalue weighted by molar-refractivity contribution is -0.385. The molecule has 100 valence electrons. The molecule has 1 N–H and O–H groups in total. The van der Waals surface area contributed by atoms with Crippen molar-refractivity contribution >= 4 is 17.6 Å². The Labute approximate surface area is 108 Å². The first-order valence-corrected chi connectivity index (χ1v) is 5.24. The van der Waals surface area contributed by atoms with Crippen LogP contribution in [0.1, 0.15) is 16.8 Å². The summed E-state index contributed by atoms with van der Waals surface area (Å²) >= 11 is 0. The molecule has 1 atom stereocenters. The fraction of sp³-hybridized carbons (Fsp3) is 0.167. The zero-order valence-electron chi connectivity index (χ0n) is 9.81. The SMILES string of the molecule is C=CC(CC(=O)O)OC(=O)c1ccccc1[N+](=O)[O-]. The molecule has 0 saturated heterocycles. The van der Waals surface area contributed by atoms with Gasteiger partial charge in [-0.25, -0.2) is 4.79 Å². The molecular formula is C12H11NO6. The number of hydrogen-bond acceptors (Lipinski definition) is 5. The molecule has 0 aromatic heterocycles. The molecule has 0 fully saturated rings.